The van der Waals surface area contributed by atoms with Gasteiger partial charge in [-0.15, -0.1) is 13.2 Å². The van der Waals surface area contributed by atoms with E-state index in [1.54, 1.807) is 6.07 Å². The number of halogens is 3. The molecule has 1 aromatic rings. The third-order valence-corrected chi connectivity index (χ3v) is 1.51. The smallest absolute Gasteiger partial charge is 0.406 e. The molecule has 0 fully saturated rings. The van der Waals surface area contributed by atoms with Crippen LogP contribution in [0.3, 0.4) is 0 Å². The van der Waals surface area contributed by atoms with Crippen LogP contribution in [0.1, 0.15) is 5.56 Å². The topological polar surface area (TPSA) is 29.5 Å². The maximum absolute atomic E-state index is 11.8. The first-order valence-corrected chi connectivity index (χ1v) is 4.14. The number of benzene rings is 1. The van der Waals surface area contributed by atoms with Crippen LogP contribution in [0.4, 0.5) is 13.2 Å². The van der Waals surface area contributed by atoms with Crippen molar-refractivity contribution in [3.8, 4) is 5.75 Å². The lowest BCUT2D eigenvalue weighted by atomic mass is 10.2. The molecule has 0 aliphatic heterocycles. The van der Waals surface area contributed by atoms with E-state index in [9.17, 15) is 13.2 Å². The third kappa shape index (κ3) is 4.51. The summed E-state index contributed by atoms with van der Waals surface area (Å²) < 4.78 is 39.3. The van der Waals surface area contributed by atoms with Crippen molar-refractivity contribution in [3.63, 3.8) is 0 Å². The van der Waals surface area contributed by atoms with Gasteiger partial charge >= 0.3 is 6.36 Å². The maximum atomic E-state index is 11.8. The van der Waals surface area contributed by atoms with Gasteiger partial charge in [0.1, 0.15) is 5.75 Å². The lowest BCUT2D eigenvalue weighted by molar-refractivity contribution is -0.274. The highest BCUT2D eigenvalue weighted by atomic mass is 19.4. The number of aliphatic hydroxyl groups excluding tert-OH is 1. The summed E-state index contributed by atoms with van der Waals surface area (Å²) in [5, 5.41) is 8.49. The van der Waals surface area contributed by atoms with Gasteiger partial charge in [-0.3, -0.25) is 0 Å². The van der Waals surface area contributed by atoms with E-state index in [0.29, 0.717) is 5.56 Å². The van der Waals surface area contributed by atoms with Gasteiger partial charge < -0.3 is 9.84 Å². The number of hydrogen-bond donors (Lipinski definition) is 1. The summed E-state index contributed by atoms with van der Waals surface area (Å²) in [6.45, 7) is -0.162. The Balaban J connectivity index is 2.79. The monoisotopic (exact) mass is 218 g/mol. The van der Waals surface area contributed by atoms with Crippen LogP contribution in [-0.2, 0) is 0 Å². The fourth-order valence-corrected chi connectivity index (χ4v) is 1.00. The highest BCUT2D eigenvalue weighted by Gasteiger charge is 2.30. The summed E-state index contributed by atoms with van der Waals surface area (Å²) in [5.41, 5.74) is 0.533. The van der Waals surface area contributed by atoms with Crippen LogP contribution in [0.2, 0.25) is 0 Å². The molecule has 0 radical (unpaired) electrons. The molecule has 1 aromatic carbocycles. The number of ether oxygens (including phenoxy) is 1. The van der Waals surface area contributed by atoms with Crippen LogP contribution < -0.4 is 4.74 Å². The molecule has 5 heteroatoms. The summed E-state index contributed by atoms with van der Waals surface area (Å²) in [6.07, 6.45) is -1.75. The predicted molar refractivity (Wildman–Crippen MR) is 49.2 cm³/mol. The molecule has 0 atom stereocenters. The van der Waals surface area contributed by atoms with E-state index in [2.05, 4.69) is 4.74 Å². The first kappa shape index (κ1) is 11.6. The van der Waals surface area contributed by atoms with Crippen molar-refractivity contribution in [1.82, 2.24) is 0 Å². The molecule has 15 heavy (non-hydrogen) atoms. The van der Waals surface area contributed by atoms with Crippen LogP contribution in [0.5, 0.6) is 5.75 Å². The summed E-state index contributed by atoms with van der Waals surface area (Å²) in [5.74, 6) is -0.275. The molecule has 0 heterocycles. The second kappa shape index (κ2) is 4.84. The van der Waals surface area contributed by atoms with E-state index in [0.717, 1.165) is 0 Å². The van der Waals surface area contributed by atoms with Gasteiger partial charge in [0.05, 0.1) is 6.61 Å². The Morgan fingerprint density at radius 1 is 1.33 bits per heavy atom. The molecule has 0 saturated carbocycles. The predicted octanol–water partition coefficient (Wildman–Crippen LogP) is 2.59. The number of rotatable bonds is 3. The lowest BCUT2D eigenvalue weighted by Gasteiger charge is -2.08. The fraction of sp³-hybridized carbons (Fsp3) is 0.200. The van der Waals surface area contributed by atoms with Gasteiger partial charge in [-0.05, 0) is 17.7 Å². The van der Waals surface area contributed by atoms with Crippen molar-refractivity contribution in [3.05, 3.63) is 35.9 Å². The van der Waals surface area contributed by atoms with Gasteiger partial charge in [-0.25, -0.2) is 0 Å². The second-order valence-corrected chi connectivity index (χ2v) is 2.71. The first-order chi connectivity index (χ1) is 7.01. The van der Waals surface area contributed by atoms with Crippen molar-refractivity contribution in [2.24, 2.45) is 0 Å². The zero-order chi connectivity index (χ0) is 11.3. The van der Waals surface area contributed by atoms with E-state index in [4.69, 9.17) is 5.11 Å². The largest absolute Gasteiger partial charge is 0.573 e. The SMILES string of the molecule is OCC=Cc1cccc(OC(F)(F)F)c1. The van der Waals surface area contributed by atoms with Crippen molar-refractivity contribution >= 4 is 6.08 Å². The van der Waals surface area contributed by atoms with Gasteiger partial charge in [-0.2, -0.15) is 0 Å². The van der Waals surface area contributed by atoms with E-state index in [-0.39, 0.29) is 12.4 Å². The van der Waals surface area contributed by atoms with Crippen LogP contribution in [0.25, 0.3) is 6.08 Å². The van der Waals surface area contributed by atoms with Crippen molar-refractivity contribution < 1.29 is 23.0 Å². The molecule has 0 unspecified atom stereocenters. The summed E-state index contributed by atoms with van der Waals surface area (Å²) in [7, 11) is 0. The van der Waals surface area contributed by atoms with Gasteiger partial charge in [-0.1, -0.05) is 24.3 Å². The quantitative estimate of drug-likeness (QED) is 0.844. The minimum Gasteiger partial charge on any atom is -0.406 e. The van der Waals surface area contributed by atoms with Gasteiger partial charge in [0.15, 0.2) is 0 Å². The van der Waals surface area contributed by atoms with Gasteiger partial charge in [0.25, 0.3) is 0 Å². The second-order valence-electron chi connectivity index (χ2n) is 2.71. The van der Waals surface area contributed by atoms with E-state index in [1.807, 2.05) is 0 Å². The molecule has 0 aliphatic carbocycles. The summed E-state index contributed by atoms with van der Waals surface area (Å²) in [6, 6.07) is 5.50. The number of aliphatic hydroxyl groups is 1. The molecule has 1 N–H and O–H groups in total. The first-order valence-electron chi connectivity index (χ1n) is 4.14. The summed E-state index contributed by atoms with van der Waals surface area (Å²) >= 11 is 0. The molecule has 0 aliphatic rings. The minimum absolute atomic E-state index is 0.162. The van der Waals surface area contributed by atoms with Gasteiger partial charge in [0, 0.05) is 0 Å². The molecule has 0 bridgehead atoms. The Kier molecular flexibility index (Phi) is 3.74. The Morgan fingerprint density at radius 2 is 2.07 bits per heavy atom. The Hall–Kier alpha value is -1.49. The molecule has 0 saturated heterocycles. The minimum atomic E-state index is -4.68. The molecular formula is C10H9F3O2. The fourth-order valence-electron chi connectivity index (χ4n) is 1.00. The van der Waals surface area contributed by atoms with Crippen LogP contribution >= 0.6 is 0 Å². The van der Waals surface area contributed by atoms with Crippen LogP contribution in [0, 0.1) is 0 Å². The normalized spacial score (nSPS) is 12.0. The van der Waals surface area contributed by atoms with Crippen molar-refractivity contribution in [1.29, 1.82) is 0 Å². The average Bonchev–Trinajstić information content (AvgIpc) is 2.12. The highest BCUT2D eigenvalue weighted by Crippen LogP contribution is 2.23. The Labute approximate surface area is 84.6 Å². The summed E-state index contributed by atoms with van der Waals surface area (Å²) in [4.78, 5) is 0. The molecule has 0 spiro atoms. The standard InChI is InChI=1S/C10H9F3O2/c11-10(12,13)15-9-5-1-3-8(7-9)4-2-6-14/h1-5,7,14H,6H2. The molecule has 0 aromatic heterocycles. The molecule has 1 rings (SSSR count). The van der Waals surface area contributed by atoms with E-state index >= 15 is 0 Å². The zero-order valence-electron chi connectivity index (χ0n) is 7.66. The van der Waals surface area contributed by atoms with Crippen molar-refractivity contribution in [2.45, 2.75) is 6.36 Å². The zero-order valence-corrected chi connectivity index (χ0v) is 7.66. The number of hydrogen-bond acceptors (Lipinski definition) is 2. The molecule has 2 nitrogen and oxygen atoms in total. The highest BCUT2D eigenvalue weighted by molar-refractivity contribution is 5.51. The molecule has 0 amide bonds. The third-order valence-electron chi connectivity index (χ3n) is 1.51. The maximum Gasteiger partial charge on any atom is 0.573 e. The van der Waals surface area contributed by atoms with E-state index in [1.165, 1.54) is 30.4 Å². The lowest BCUT2D eigenvalue weighted by Crippen LogP contribution is -2.17. The van der Waals surface area contributed by atoms with Crippen molar-refractivity contribution in [2.75, 3.05) is 6.61 Å². The van der Waals surface area contributed by atoms with Crippen LogP contribution in [-0.4, -0.2) is 18.1 Å². The molecular weight excluding hydrogens is 209 g/mol. The Bertz CT molecular complexity index is 345. The Morgan fingerprint density at radius 3 is 2.67 bits per heavy atom. The molecule has 82 valence electrons. The van der Waals surface area contributed by atoms with Gasteiger partial charge in [0.2, 0.25) is 0 Å². The van der Waals surface area contributed by atoms with E-state index < -0.39 is 6.36 Å². The number of alkyl halides is 3. The van der Waals surface area contributed by atoms with Crippen LogP contribution in [0.15, 0.2) is 30.3 Å². The average molecular weight is 218 g/mol.